The van der Waals surface area contributed by atoms with Crippen LogP contribution in [-0.2, 0) is 11.3 Å². The Bertz CT molecular complexity index is 859. The van der Waals surface area contributed by atoms with Crippen molar-refractivity contribution in [2.45, 2.75) is 31.7 Å². The minimum absolute atomic E-state index is 0.0155. The van der Waals surface area contributed by atoms with Crippen LogP contribution in [-0.4, -0.2) is 39.4 Å². The lowest BCUT2D eigenvalue weighted by molar-refractivity contribution is 0.504. The summed E-state index contributed by atoms with van der Waals surface area (Å²) < 4.78 is 24.7. The zero-order valence-corrected chi connectivity index (χ0v) is 12.7. The largest absolute Gasteiger partial charge is 0.345 e. The van der Waals surface area contributed by atoms with Crippen LogP contribution in [0.4, 0.5) is 0 Å². The maximum absolute atomic E-state index is 11.0. The van der Waals surface area contributed by atoms with Crippen molar-refractivity contribution in [1.29, 1.82) is 0 Å². The van der Waals surface area contributed by atoms with E-state index in [1.807, 2.05) is 16.7 Å². The van der Waals surface area contributed by atoms with Gasteiger partial charge in [-0.1, -0.05) is 6.92 Å². The molecular weight excluding hydrogens is 304 g/mol. The van der Waals surface area contributed by atoms with Gasteiger partial charge in [0.05, 0.1) is 11.7 Å². The van der Waals surface area contributed by atoms with Crippen molar-refractivity contribution < 1.29 is 8.76 Å². The maximum Gasteiger partial charge on any atom is 0.231 e. The molecule has 3 aromatic rings. The molecule has 0 saturated heterocycles. The zero-order valence-electron chi connectivity index (χ0n) is 11.9. The molecular formula is C13H16N6O2S. The molecule has 1 unspecified atom stereocenters. The van der Waals surface area contributed by atoms with E-state index in [9.17, 15) is 4.21 Å². The maximum atomic E-state index is 11.0. The summed E-state index contributed by atoms with van der Waals surface area (Å²) in [4.78, 5) is 7.41. The predicted molar refractivity (Wildman–Crippen MR) is 81.5 cm³/mol. The Hall–Kier alpha value is -1.84. The van der Waals surface area contributed by atoms with Gasteiger partial charge in [0.25, 0.3) is 0 Å². The second-order valence-corrected chi connectivity index (χ2v) is 6.57. The Morgan fingerprint density at radius 1 is 1.45 bits per heavy atom. The summed E-state index contributed by atoms with van der Waals surface area (Å²) in [6.45, 7) is 2.14. The molecule has 4 rings (SSSR count). The second-order valence-electron chi connectivity index (χ2n) is 5.84. The molecule has 0 aromatic carbocycles. The molecule has 0 amide bonds. The van der Waals surface area contributed by atoms with Crippen molar-refractivity contribution in [2.75, 3.05) is 0 Å². The second kappa shape index (κ2) is 5.11. The fourth-order valence-corrected chi connectivity index (χ4v) is 3.96. The number of fused-ring (bicyclic) bond motifs is 3. The lowest BCUT2D eigenvalue weighted by Crippen LogP contribution is -2.28. The van der Waals surface area contributed by atoms with Crippen molar-refractivity contribution in [3.8, 4) is 0 Å². The highest BCUT2D eigenvalue weighted by Gasteiger charge is 2.36. The van der Waals surface area contributed by atoms with Crippen LogP contribution in [0.3, 0.4) is 0 Å². The third-order valence-electron chi connectivity index (χ3n) is 4.45. The number of aromatic amines is 1. The molecule has 1 aliphatic carbocycles. The minimum atomic E-state index is -1.98. The van der Waals surface area contributed by atoms with Crippen molar-refractivity contribution in [3.05, 3.63) is 24.3 Å². The number of aromatic nitrogens is 5. The van der Waals surface area contributed by atoms with E-state index in [1.54, 1.807) is 6.20 Å². The molecule has 0 aliphatic heterocycles. The van der Waals surface area contributed by atoms with E-state index >= 15 is 0 Å². The number of hydrogen-bond donors (Lipinski definition) is 3. The van der Waals surface area contributed by atoms with E-state index < -0.39 is 11.3 Å². The highest BCUT2D eigenvalue weighted by Crippen LogP contribution is 2.39. The summed E-state index contributed by atoms with van der Waals surface area (Å²) in [7, 11) is 0. The molecule has 116 valence electrons. The zero-order chi connectivity index (χ0) is 15.3. The SMILES string of the molecule is C[C@@H]1C[C@H](NS(=O)O)C[C@@H]1c1nnc2cnc3[nH]ccc3n12. The molecule has 3 N–H and O–H groups in total. The highest BCUT2D eigenvalue weighted by atomic mass is 32.2. The van der Waals surface area contributed by atoms with Gasteiger partial charge < -0.3 is 4.98 Å². The predicted octanol–water partition coefficient (Wildman–Crippen LogP) is 1.21. The molecule has 22 heavy (non-hydrogen) atoms. The summed E-state index contributed by atoms with van der Waals surface area (Å²) in [5.41, 5.74) is 2.47. The summed E-state index contributed by atoms with van der Waals surface area (Å²) in [6, 6.07) is 1.97. The minimum Gasteiger partial charge on any atom is -0.345 e. The first kappa shape index (κ1) is 13.8. The monoisotopic (exact) mass is 320 g/mol. The van der Waals surface area contributed by atoms with Gasteiger partial charge in [0.2, 0.25) is 11.3 Å². The van der Waals surface area contributed by atoms with Crippen LogP contribution in [0.1, 0.15) is 31.5 Å². The molecule has 4 atom stereocenters. The van der Waals surface area contributed by atoms with Gasteiger partial charge >= 0.3 is 0 Å². The Morgan fingerprint density at radius 3 is 3.14 bits per heavy atom. The molecule has 3 heterocycles. The van der Waals surface area contributed by atoms with Gasteiger partial charge in [0.1, 0.15) is 5.82 Å². The van der Waals surface area contributed by atoms with Gasteiger partial charge in [0.15, 0.2) is 11.3 Å². The average Bonchev–Trinajstić information content (AvgIpc) is 3.14. The van der Waals surface area contributed by atoms with Crippen LogP contribution < -0.4 is 4.72 Å². The molecule has 1 aliphatic rings. The summed E-state index contributed by atoms with van der Waals surface area (Å²) >= 11 is -1.98. The van der Waals surface area contributed by atoms with Crippen LogP contribution in [0, 0.1) is 5.92 Å². The van der Waals surface area contributed by atoms with Crippen molar-refractivity contribution in [3.63, 3.8) is 0 Å². The van der Waals surface area contributed by atoms with Crippen LogP contribution in [0.5, 0.6) is 0 Å². The summed E-state index contributed by atoms with van der Waals surface area (Å²) in [5.74, 6) is 1.44. The van der Waals surface area contributed by atoms with E-state index in [4.69, 9.17) is 4.55 Å². The normalized spacial score (nSPS) is 26.9. The van der Waals surface area contributed by atoms with Crippen molar-refractivity contribution in [1.82, 2.24) is 29.3 Å². The van der Waals surface area contributed by atoms with Crippen LogP contribution >= 0.6 is 0 Å². The van der Waals surface area contributed by atoms with Crippen molar-refractivity contribution >= 4 is 28.1 Å². The van der Waals surface area contributed by atoms with Gasteiger partial charge in [-0.3, -0.25) is 8.95 Å². The van der Waals surface area contributed by atoms with Crippen LogP contribution in [0.2, 0.25) is 0 Å². The molecule has 1 fully saturated rings. The first-order valence-corrected chi connectivity index (χ1v) is 8.28. The number of nitrogens with one attached hydrogen (secondary N) is 2. The van der Waals surface area contributed by atoms with Crippen molar-refractivity contribution in [2.24, 2.45) is 5.92 Å². The molecule has 0 spiro atoms. The third kappa shape index (κ3) is 2.13. The van der Waals surface area contributed by atoms with Crippen LogP contribution in [0.25, 0.3) is 16.8 Å². The standard InChI is InChI=1S/C13H16N6O2S/c1-7-4-8(18-22(20)21)5-9(7)13-17-16-11-6-15-12-10(19(11)13)2-3-14-12/h2-3,6-9,14,18H,4-5H2,1H3,(H,20,21)/t7-,8+,9+/m1/s1. The Labute approximate surface area is 128 Å². The molecule has 0 bridgehead atoms. The summed E-state index contributed by atoms with van der Waals surface area (Å²) in [6.07, 6.45) is 5.15. The number of rotatable bonds is 3. The van der Waals surface area contributed by atoms with Crippen LogP contribution in [0.15, 0.2) is 18.5 Å². The fraction of sp³-hybridized carbons (Fsp3) is 0.462. The molecule has 1 saturated carbocycles. The van der Waals surface area contributed by atoms with E-state index in [-0.39, 0.29) is 12.0 Å². The Kier molecular flexibility index (Phi) is 3.21. The number of hydrogen-bond acceptors (Lipinski definition) is 4. The molecule has 3 aromatic heterocycles. The van der Waals surface area contributed by atoms with Gasteiger partial charge in [-0.2, -0.15) is 0 Å². The number of H-pyrrole nitrogens is 1. The topological polar surface area (TPSA) is 108 Å². The number of nitrogens with zero attached hydrogens (tertiary/aromatic N) is 4. The first-order chi connectivity index (χ1) is 10.6. The van der Waals surface area contributed by atoms with Gasteiger partial charge in [0, 0.05) is 18.2 Å². The highest BCUT2D eigenvalue weighted by molar-refractivity contribution is 7.77. The van der Waals surface area contributed by atoms with E-state index in [2.05, 4.69) is 31.8 Å². The average molecular weight is 320 g/mol. The molecule has 9 heteroatoms. The third-order valence-corrected chi connectivity index (χ3v) is 4.98. The smallest absolute Gasteiger partial charge is 0.231 e. The fourth-order valence-electron chi connectivity index (χ4n) is 3.48. The van der Waals surface area contributed by atoms with Gasteiger partial charge in [-0.05, 0) is 24.8 Å². The molecule has 0 radical (unpaired) electrons. The molecule has 8 nitrogen and oxygen atoms in total. The quantitative estimate of drug-likeness (QED) is 0.629. The first-order valence-electron chi connectivity index (χ1n) is 7.17. The lowest BCUT2D eigenvalue weighted by Gasteiger charge is -2.13. The van der Waals surface area contributed by atoms with E-state index in [0.29, 0.717) is 5.92 Å². The Morgan fingerprint density at radius 2 is 2.32 bits per heavy atom. The van der Waals surface area contributed by atoms with E-state index in [1.165, 1.54) is 0 Å². The van der Waals surface area contributed by atoms with E-state index in [0.717, 1.165) is 35.5 Å². The lowest BCUT2D eigenvalue weighted by atomic mass is 9.97. The Balaban J connectivity index is 1.78. The summed E-state index contributed by atoms with van der Waals surface area (Å²) in [5, 5.41) is 8.58. The van der Waals surface area contributed by atoms with Gasteiger partial charge in [-0.15, -0.1) is 10.2 Å². The van der Waals surface area contributed by atoms with Gasteiger partial charge in [-0.25, -0.2) is 13.9 Å².